The van der Waals surface area contributed by atoms with E-state index in [1.165, 1.54) is 38.5 Å². The van der Waals surface area contributed by atoms with Crippen molar-refractivity contribution in [3.05, 3.63) is 12.2 Å². The maximum Gasteiger partial charge on any atom is 0.124 e. The number of unbranched alkanes of at least 4 members (excludes halogenated alkanes) is 6. The molecule has 0 spiro atoms. The standard InChI is InChI=1S/C15H29N3/c1-3-4-5-6-7-8-9-10-11-15-17-12-13-18(15)14(2)16/h10-11,14H,3-9,12-13,16H2,1-2H3/b11-10+. The molecular weight excluding hydrogens is 222 g/mol. The summed E-state index contributed by atoms with van der Waals surface area (Å²) in [7, 11) is 0. The Labute approximate surface area is 112 Å². The van der Waals surface area contributed by atoms with Crippen molar-refractivity contribution in [3.8, 4) is 0 Å². The molecule has 3 nitrogen and oxygen atoms in total. The first-order valence-corrected chi connectivity index (χ1v) is 7.49. The molecule has 1 aliphatic heterocycles. The number of rotatable bonds is 9. The van der Waals surface area contributed by atoms with Crippen molar-refractivity contribution >= 4 is 5.84 Å². The molecule has 0 radical (unpaired) electrons. The third-order valence-corrected chi connectivity index (χ3v) is 3.39. The summed E-state index contributed by atoms with van der Waals surface area (Å²) in [5, 5.41) is 0. The molecule has 3 heteroatoms. The van der Waals surface area contributed by atoms with Crippen molar-refractivity contribution in [2.24, 2.45) is 10.7 Å². The zero-order valence-corrected chi connectivity index (χ0v) is 12.1. The predicted molar refractivity (Wildman–Crippen MR) is 79.8 cm³/mol. The lowest BCUT2D eigenvalue weighted by atomic mass is 10.1. The van der Waals surface area contributed by atoms with Crippen molar-refractivity contribution in [2.75, 3.05) is 13.1 Å². The molecule has 1 heterocycles. The maximum atomic E-state index is 5.90. The van der Waals surface area contributed by atoms with Crippen molar-refractivity contribution in [3.63, 3.8) is 0 Å². The molecule has 1 rings (SSSR count). The molecule has 0 aromatic heterocycles. The number of nitrogens with zero attached hydrogens (tertiary/aromatic N) is 2. The van der Waals surface area contributed by atoms with Crippen molar-refractivity contribution in [1.29, 1.82) is 0 Å². The number of hydrogen-bond acceptors (Lipinski definition) is 3. The molecule has 0 fully saturated rings. The average Bonchev–Trinajstić information content (AvgIpc) is 2.81. The zero-order valence-electron chi connectivity index (χ0n) is 12.1. The van der Waals surface area contributed by atoms with Crippen LogP contribution in [0.4, 0.5) is 0 Å². The average molecular weight is 251 g/mol. The van der Waals surface area contributed by atoms with Crippen molar-refractivity contribution < 1.29 is 0 Å². The van der Waals surface area contributed by atoms with Gasteiger partial charge in [0.05, 0.1) is 12.7 Å². The van der Waals surface area contributed by atoms with Crippen molar-refractivity contribution in [2.45, 2.75) is 65.0 Å². The van der Waals surface area contributed by atoms with E-state index < -0.39 is 0 Å². The second-order valence-electron chi connectivity index (χ2n) is 5.13. The third-order valence-electron chi connectivity index (χ3n) is 3.39. The molecular formula is C15H29N3. The van der Waals surface area contributed by atoms with Crippen LogP contribution in [0.5, 0.6) is 0 Å². The van der Waals surface area contributed by atoms with Gasteiger partial charge in [0.25, 0.3) is 0 Å². The summed E-state index contributed by atoms with van der Waals surface area (Å²) < 4.78 is 0. The lowest BCUT2D eigenvalue weighted by molar-refractivity contribution is 0.367. The smallest absolute Gasteiger partial charge is 0.124 e. The fourth-order valence-electron chi connectivity index (χ4n) is 2.27. The number of amidine groups is 1. The minimum atomic E-state index is 0.0740. The molecule has 0 aromatic rings. The van der Waals surface area contributed by atoms with E-state index in [0.717, 1.165) is 25.3 Å². The fourth-order valence-corrected chi connectivity index (χ4v) is 2.27. The summed E-state index contributed by atoms with van der Waals surface area (Å²) in [5.74, 6) is 1.07. The molecule has 1 aliphatic rings. The first-order valence-electron chi connectivity index (χ1n) is 7.49. The van der Waals surface area contributed by atoms with Crippen LogP contribution in [0.3, 0.4) is 0 Å². The van der Waals surface area contributed by atoms with E-state index in [0.29, 0.717) is 0 Å². The van der Waals surface area contributed by atoms with Gasteiger partial charge in [0.1, 0.15) is 5.84 Å². The highest BCUT2D eigenvalue weighted by Gasteiger charge is 2.16. The highest BCUT2D eigenvalue weighted by Crippen LogP contribution is 2.09. The summed E-state index contributed by atoms with van der Waals surface area (Å²) in [6, 6.07) is 0. The van der Waals surface area contributed by atoms with Gasteiger partial charge in [-0.15, -0.1) is 0 Å². The summed E-state index contributed by atoms with van der Waals surface area (Å²) in [4.78, 5) is 6.64. The molecule has 0 saturated heterocycles. The van der Waals surface area contributed by atoms with Crippen LogP contribution in [-0.2, 0) is 0 Å². The van der Waals surface area contributed by atoms with Crippen LogP contribution in [0.25, 0.3) is 0 Å². The highest BCUT2D eigenvalue weighted by atomic mass is 15.3. The van der Waals surface area contributed by atoms with E-state index in [2.05, 4.69) is 29.0 Å². The van der Waals surface area contributed by atoms with Crippen LogP contribution in [0, 0.1) is 0 Å². The van der Waals surface area contributed by atoms with E-state index in [1.54, 1.807) is 0 Å². The van der Waals surface area contributed by atoms with Crippen LogP contribution in [0.1, 0.15) is 58.8 Å². The van der Waals surface area contributed by atoms with Gasteiger partial charge in [-0.25, -0.2) is 0 Å². The Morgan fingerprint density at radius 3 is 2.72 bits per heavy atom. The molecule has 0 bridgehead atoms. The lowest BCUT2D eigenvalue weighted by Crippen LogP contribution is -2.41. The van der Waals surface area contributed by atoms with E-state index in [1.807, 2.05) is 6.92 Å². The molecule has 1 atom stereocenters. The maximum absolute atomic E-state index is 5.90. The minimum Gasteiger partial charge on any atom is -0.340 e. The Balaban J connectivity index is 2.09. The topological polar surface area (TPSA) is 41.6 Å². The SMILES string of the molecule is CCCCCCCC/C=C/C1=NCCN1C(C)N. The number of nitrogens with two attached hydrogens (primary N) is 1. The molecule has 2 N–H and O–H groups in total. The predicted octanol–water partition coefficient (Wildman–Crippen LogP) is 3.31. The minimum absolute atomic E-state index is 0.0740. The van der Waals surface area contributed by atoms with Crippen LogP contribution in [0.2, 0.25) is 0 Å². The quantitative estimate of drug-likeness (QED) is 0.639. The van der Waals surface area contributed by atoms with Gasteiger partial charge in [0.2, 0.25) is 0 Å². The first kappa shape index (κ1) is 15.2. The van der Waals surface area contributed by atoms with Gasteiger partial charge < -0.3 is 10.6 Å². The number of hydrogen-bond donors (Lipinski definition) is 1. The molecule has 0 aliphatic carbocycles. The van der Waals surface area contributed by atoms with E-state index in [4.69, 9.17) is 5.73 Å². The van der Waals surface area contributed by atoms with Crippen molar-refractivity contribution in [1.82, 2.24) is 4.90 Å². The second kappa shape index (κ2) is 9.15. The van der Waals surface area contributed by atoms with E-state index in [9.17, 15) is 0 Å². The van der Waals surface area contributed by atoms with E-state index in [-0.39, 0.29) is 6.17 Å². The Hall–Kier alpha value is -0.830. The molecule has 1 unspecified atom stereocenters. The summed E-state index contributed by atoms with van der Waals surface area (Å²) >= 11 is 0. The lowest BCUT2D eigenvalue weighted by Gasteiger charge is -2.22. The Bertz CT molecular complexity index is 269. The monoisotopic (exact) mass is 251 g/mol. The summed E-state index contributed by atoms with van der Waals surface area (Å²) in [6.45, 7) is 6.13. The largest absolute Gasteiger partial charge is 0.340 e. The third kappa shape index (κ3) is 5.67. The van der Waals surface area contributed by atoms with Gasteiger partial charge in [-0.1, -0.05) is 45.1 Å². The molecule has 104 valence electrons. The summed E-state index contributed by atoms with van der Waals surface area (Å²) in [5.41, 5.74) is 5.90. The van der Waals surface area contributed by atoms with Gasteiger partial charge in [0, 0.05) is 6.54 Å². The molecule has 0 amide bonds. The van der Waals surface area contributed by atoms with Gasteiger partial charge in [-0.3, -0.25) is 4.99 Å². The second-order valence-corrected chi connectivity index (χ2v) is 5.13. The van der Waals surface area contributed by atoms with Gasteiger partial charge >= 0.3 is 0 Å². The van der Waals surface area contributed by atoms with E-state index >= 15 is 0 Å². The number of aliphatic imine (C=N–C) groups is 1. The molecule has 0 saturated carbocycles. The Morgan fingerprint density at radius 1 is 1.28 bits per heavy atom. The number of allylic oxidation sites excluding steroid dienone is 1. The van der Waals surface area contributed by atoms with Crippen LogP contribution in [0.15, 0.2) is 17.1 Å². The Kier molecular flexibility index (Phi) is 7.74. The van der Waals surface area contributed by atoms with Crippen LogP contribution < -0.4 is 5.73 Å². The van der Waals surface area contributed by atoms with Gasteiger partial charge in [-0.05, 0) is 25.8 Å². The molecule has 0 aromatic carbocycles. The van der Waals surface area contributed by atoms with Gasteiger partial charge in [0.15, 0.2) is 0 Å². The zero-order chi connectivity index (χ0) is 13.2. The highest BCUT2D eigenvalue weighted by molar-refractivity contribution is 5.94. The summed E-state index contributed by atoms with van der Waals surface area (Å²) in [6.07, 6.45) is 13.8. The van der Waals surface area contributed by atoms with Crippen LogP contribution >= 0.6 is 0 Å². The molecule has 18 heavy (non-hydrogen) atoms. The Morgan fingerprint density at radius 2 is 2.00 bits per heavy atom. The first-order chi connectivity index (χ1) is 8.75. The normalized spacial score (nSPS) is 17.5. The van der Waals surface area contributed by atoms with Crippen LogP contribution in [-0.4, -0.2) is 30.0 Å². The fraction of sp³-hybridized carbons (Fsp3) is 0.800. The van der Waals surface area contributed by atoms with Gasteiger partial charge in [-0.2, -0.15) is 0 Å².